The lowest BCUT2D eigenvalue weighted by Gasteiger charge is -2.27. The molecule has 3 N–H and O–H groups in total. The highest BCUT2D eigenvalue weighted by Crippen LogP contribution is 2.39. The smallest absolute Gasteiger partial charge is 0.341 e. The Kier molecular flexibility index (Phi) is 4.39. The number of hydrogen-bond acceptors (Lipinski definition) is 5. The molecule has 1 saturated carbocycles. The van der Waals surface area contributed by atoms with E-state index in [0.717, 1.165) is 29.7 Å². The van der Waals surface area contributed by atoms with Gasteiger partial charge in [0.05, 0.1) is 18.1 Å². The van der Waals surface area contributed by atoms with Gasteiger partial charge in [-0.3, -0.25) is 4.79 Å². The van der Waals surface area contributed by atoms with Crippen molar-refractivity contribution < 1.29 is 14.3 Å². The van der Waals surface area contributed by atoms with E-state index < -0.39 is 11.4 Å². The van der Waals surface area contributed by atoms with E-state index in [0.29, 0.717) is 10.6 Å². The summed E-state index contributed by atoms with van der Waals surface area (Å²) in [7, 11) is 1.34. The Balaban J connectivity index is 2.30. The third kappa shape index (κ3) is 2.70. The van der Waals surface area contributed by atoms with Crippen LogP contribution in [0.1, 0.15) is 47.0 Å². The third-order valence-electron chi connectivity index (χ3n) is 4.55. The van der Waals surface area contributed by atoms with E-state index in [9.17, 15) is 9.59 Å². The lowest BCUT2D eigenvalue weighted by Crippen LogP contribution is -2.44. The number of hydrogen-bond donors (Lipinski definition) is 2. The summed E-state index contributed by atoms with van der Waals surface area (Å²) in [4.78, 5) is 25.5. The second-order valence-electron chi connectivity index (χ2n) is 5.85. The van der Waals surface area contributed by atoms with Gasteiger partial charge in [0.15, 0.2) is 0 Å². The van der Waals surface area contributed by atoms with Crippen LogP contribution in [0, 0.1) is 19.3 Å². The summed E-state index contributed by atoms with van der Waals surface area (Å²) in [6.45, 7) is 5.67. The average Bonchev–Trinajstić information content (AvgIpc) is 2.92. The number of aryl methyl sites for hydroxylation is 1. The number of rotatable bonds is 3. The van der Waals surface area contributed by atoms with Crippen LogP contribution in [0.25, 0.3) is 0 Å². The largest absolute Gasteiger partial charge is 0.465 e. The Morgan fingerprint density at radius 3 is 2.62 bits per heavy atom. The van der Waals surface area contributed by atoms with Crippen LogP contribution in [0.5, 0.6) is 0 Å². The van der Waals surface area contributed by atoms with E-state index in [-0.39, 0.29) is 11.9 Å². The number of ether oxygens (including phenoxy) is 1. The summed E-state index contributed by atoms with van der Waals surface area (Å²) < 4.78 is 4.82. The van der Waals surface area contributed by atoms with E-state index in [2.05, 4.69) is 5.32 Å². The van der Waals surface area contributed by atoms with Crippen molar-refractivity contribution in [2.75, 3.05) is 12.4 Å². The highest BCUT2D eigenvalue weighted by atomic mass is 32.1. The summed E-state index contributed by atoms with van der Waals surface area (Å²) in [5.74, 6) is -0.535. The minimum atomic E-state index is -0.570. The molecular formula is C15H22N2O3S. The maximum absolute atomic E-state index is 12.6. The van der Waals surface area contributed by atoms with Crippen LogP contribution in [-0.2, 0) is 9.53 Å². The number of thiophene rings is 1. The number of methoxy groups -OCH3 is 1. The molecule has 0 saturated heterocycles. The summed E-state index contributed by atoms with van der Waals surface area (Å²) in [6, 6.07) is -0.138. The molecule has 21 heavy (non-hydrogen) atoms. The first-order valence-corrected chi connectivity index (χ1v) is 7.88. The first kappa shape index (κ1) is 16.0. The Morgan fingerprint density at radius 2 is 2.10 bits per heavy atom. The third-order valence-corrected chi connectivity index (χ3v) is 5.67. The molecule has 1 aromatic rings. The molecule has 0 radical (unpaired) electrons. The molecule has 1 aliphatic rings. The van der Waals surface area contributed by atoms with Crippen molar-refractivity contribution in [3.05, 3.63) is 16.0 Å². The number of anilines is 1. The van der Waals surface area contributed by atoms with Gasteiger partial charge in [-0.05, 0) is 39.2 Å². The van der Waals surface area contributed by atoms with Gasteiger partial charge in [0.25, 0.3) is 0 Å². The highest BCUT2D eigenvalue weighted by Gasteiger charge is 2.43. The lowest BCUT2D eigenvalue weighted by atomic mass is 9.84. The van der Waals surface area contributed by atoms with Gasteiger partial charge < -0.3 is 15.8 Å². The van der Waals surface area contributed by atoms with E-state index in [1.165, 1.54) is 18.4 Å². The second kappa shape index (κ2) is 5.77. The fraction of sp³-hybridized carbons (Fsp3) is 0.600. The summed E-state index contributed by atoms with van der Waals surface area (Å²) in [5.41, 5.74) is 6.81. The molecule has 0 spiro atoms. The molecule has 0 aliphatic heterocycles. The van der Waals surface area contributed by atoms with Crippen LogP contribution in [0.2, 0.25) is 0 Å². The van der Waals surface area contributed by atoms with Gasteiger partial charge in [-0.15, -0.1) is 11.3 Å². The summed E-state index contributed by atoms with van der Waals surface area (Å²) in [5, 5.41) is 3.46. The van der Waals surface area contributed by atoms with Gasteiger partial charge in [-0.25, -0.2) is 4.79 Å². The molecule has 1 amide bonds. The van der Waals surface area contributed by atoms with Crippen LogP contribution in [0.3, 0.4) is 0 Å². The van der Waals surface area contributed by atoms with Gasteiger partial charge >= 0.3 is 5.97 Å². The van der Waals surface area contributed by atoms with Crippen LogP contribution in [0.4, 0.5) is 5.00 Å². The molecule has 1 aliphatic carbocycles. The molecule has 2 unspecified atom stereocenters. The number of esters is 1. The molecule has 6 heteroatoms. The summed E-state index contributed by atoms with van der Waals surface area (Å²) >= 11 is 1.40. The van der Waals surface area contributed by atoms with Crippen molar-refractivity contribution in [1.29, 1.82) is 0 Å². The number of nitrogens with one attached hydrogen (secondary N) is 1. The van der Waals surface area contributed by atoms with Gasteiger partial charge in [-0.1, -0.05) is 6.42 Å². The normalized spacial score (nSPS) is 24.9. The van der Waals surface area contributed by atoms with Gasteiger partial charge in [0.1, 0.15) is 5.00 Å². The first-order chi connectivity index (χ1) is 9.81. The molecule has 116 valence electrons. The molecule has 1 fully saturated rings. The van der Waals surface area contributed by atoms with Crippen LogP contribution in [0.15, 0.2) is 0 Å². The Bertz CT molecular complexity index is 582. The van der Waals surface area contributed by atoms with Gasteiger partial charge in [0, 0.05) is 10.9 Å². The molecule has 2 atom stereocenters. The number of carbonyl (C=O) groups excluding carboxylic acids is 2. The Labute approximate surface area is 128 Å². The Hall–Kier alpha value is -1.40. The van der Waals surface area contributed by atoms with Crippen LogP contribution < -0.4 is 11.1 Å². The number of nitrogens with two attached hydrogens (primary N) is 1. The molecule has 1 aromatic heterocycles. The maximum Gasteiger partial charge on any atom is 0.341 e. The van der Waals surface area contributed by atoms with Crippen LogP contribution >= 0.6 is 11.3 Å². The van der Waals surface area contributed by atoms with Crippen molar-refractivity contribution in [1.82, 2.24) is 0 Å². The fourth-order valence-electron chi connectivity index (χ4n) is 2.78. The van der Waals surface area contributed by atoms with Crippen molar-refractivity contribution in [3.8, 4) is 0 Å². The molecule has 0 aromatic carbocycles. The molecular weight excluding hydrogens is 288 g/mol. The SMILES string of the molecule is COC(=O)c1c(NC(=O)C2(C)CCCC2N)sc(C)c1C. The average molecular weight is 310 g/mol. The highest BCUT2D eigenvalue weighted by molar-refractivity contribution is 7.16. The lowest BCUT2D eigenvalue weighted by molar-refractivity contribution is -0.125. The molecule has 1 heterocycles. The quantitative estimate of drug-likeness (QED) is 0.841. The maximum atomic E-state index is 12.6. The zero-order valence-electron chi connectivity index (χ0n) is 12.9. The molecule has 0 bridgehead atoms. The predicted octanol–water partition coefficient (Wildman–Crippen LogP) is 2.61. The second-order valence-corrected chi connectivity index (χ2v) is 7.07. The number of carbonyl (C=O) groups is 2. The van der Waals surface area contributed by atoms with Gasteiger partial charge in [-0.2, -0.15) is 0 Å². The van der Waals surface area contributed by atoms with Crippen LogP contribution in [-0.4, -0.2) is 25.0 Å². The molecule has 2 rings (SSSR count). The standard InChI is InChI=1S/C15H22N2O3S/c1-8-9(2)21-12(11(8)13(18)20-4)17-14(19)15(3)7-5-6-10(15)16/h10H,5-7,16H2,1-4H3,(H,17,19). The van der Waals surface area contributed by atoms with Crippen molar-refractivity contribution >= 4 is 28.2 Å². The molecule has 5 nitrogen and oxygen atoms in total. The van der Waals surface area contributed by atoms with Gasteiger partial charge in [0.2, 0.25) is 5.91 Å². The van der Waals surface area contributed by atoms with E-state index >= 15 is 0 Å². The monoisotopic (exact) mass is 310 g/mol. The topological polar surface area (TPSA) is 81.4 Å². The Morgan fingerprint density at radius 1 is 1.43 bits per heavy atom. The van der Waals surface area contributed by atoms with E-state index in [1.54, 1.807) is 0 Å². The first-order valence-electron chi connectivity index (χ1n) is 7.06. The van der Waals surface area contributed by atoms with Crippen molar-refractivity contribution in [2.24, 2.45) is 11.1 Å². The van der Waals surface area contributed by atoms with E-state index in [1.807, 2.05) is 20.8 Å². The minimum Gasteiger partial charge on any atom is -0.465 e. The minimum absolute atomic E-state index is 0.112. The van der Waals surface area contributed by atoms with Crippen molar-refractivity contribution in [3.63, 3.8) is 0 Å². The fourth-order valence-corrected chi connectivity index (χ4v) is 3.83. The predicted molar refractivity (Wildman–Crippen MR) is 83.7 cm³/mol. The van der Waals surface area contributed by atoms with Crippen molar-refractivity contribution in [2.45, 2.75) is 46.1 Å². The number of amides is 1. The summed E-state index contributed by atoms with van der Waals surface area (Å²) in [6.07, 6.45) is 2.59. The zero-order chi connectivity index (χ0) is 15.8. The van der Waals surface area contributed by atoms with E-state index in [4.69, 9.17) is 10.5 Å². The zero-order valence-corrected chi connectivity index (χ0v) is 13.7.